The molecule has 6 nitrogen and oxygen atoms in total. The maximum atomic E-state index is 12.4. The number of carbonyl (C=O) groups is 1. The van der Waals surface area contributed by atoms with E-state index < -0.39 is 0 Å². The van der Waals surface area contributed by atoms with Crippen LogP contribution in [0.4, 0.5) is 11.4 Å². The van der Waals surface area contributed by atoms with E-state index in [1.54, 1.807) is 24.3 Å². The van der Waals surface area contributed by atoms with E-state index in [0.29, 0.717) is 17.9 Å². The SMILES string of the molecule is Cc1ccc(OCCN2CCOCC2)cc1NC(=O)c1ccc(N)cc1. The van der Waals surface area contributed by atoms with Crippen molar-refractivity contribution in [1.82, 2.24) is 4.90 Å². The molecular formula is C20H25N3O3. The van der Waals surface area contributed by atoms with Gasteiger partial charge in [0.05, 0.1) is 13.2 Å². The van der Waals surface area contributed by atoms with Crippen LogP contribution >= 0.6 is 0 Å². The Morgan fingerprint density at radius 2 is 1.92 bits per heavy atom. The van der Waals surface area contributed by atoms with E-state index in [1.165, 1.54) is 0 Å². The third-order valence-electron chi connectivity index (χ3n) is 4.41. The number of benzene rings is 2. The van der Waals surface area contributed by atoms with E-state index in [2.05, 4.69) is 10.2 Å². The highest BCUT2D eigenvalue weighted by Gasteiger charge is 2.11. The average molecular weight is 355 g/mol. The predicted octanol–water partition coefficient (Wildman–Crippen LogP) is 2.54. The van der Waals surface area contributed by atoms with Gasteiger partial charge in [-0.3, -0.25) is 9.69 Å². The van der Waals surface area contributed by atoms with Crippen LogP contribution < -0.4 is 15.8 Å². The molecule has 1 heterocycles. The van der Waals surface area contributed by atoms with E-state index in [0.717, 1.165) is 49.8 Å². The summed E-state index contributed by atoms with van der Waals surface area (Å²) >= 11 is 0. The molecule has 0 atom stereocenters. The van der Waals surface area contributed by atoms with Gasteiger partial charge in [0, 0.05) is 42.6 Å². The van der Waals surface area contributed by atoms with Crippen molar-refractivity contribution in [3.05, 3.63) is 53.6 Å². The maximum Gasteiger partial charge on any atom is 0.255 e. The summed E-state index contributed by atoms with van der Waals surface area (Å²) in [4.78, 5) is 14.7. The zero-order chi connectivity index (χ0) is 18.4. The summed E-state index contributed by atoms with van der Waals surface area (Å²) in [7, 11) is 0. The molecule has 2 aromatic rings. The fourth-order valence-corrected chi connectivity index (χ4v) is 2.77. The summed E-state index contributed by atoms with van der Waals surface area (Å²) < 4.78 is 11.2. The summed E-state index contributed by atoms with van der Waals surface area (Å²) in [6.07, 6.45) is 0. The normalized spacial score (nSPS) is 14.8. The number of ether oxygens (including phenoxy) is 2. The van der Waals surface area contributed by atoms with Crippen LogP contribution in [0.3, 0.4) is 0 Å². The van der Waals surface area contributed by atoms with Crippen molar-refractivity contribution in [2.45, 2.75) is 6.92 Å². The number of nitrogens with one attached hydrogen (secondary N) is 1. The van der Waals surface area contributed by atoms with Crippen molar-refractivity contribution in [1.29, 1.82) is 0 Å². The first-order chi connectivity index (χ1) is 12.6. The summed E-state index contributed by atoms with van der Waals surface area (Å²) in [6, 6.07) is 12.6. The molecule has 1 aliphatic heterocycles. The molecule has 6 heteroatoms. The van der Waals surface area contributed by atoms with Crippen LogP contribution in [0.2, 0.25) is 0 Å². The fourth-order valence-electron chi connectivity index (χ4n) is 2.77. The van der Waals surface area contributed by atoms with Crippen LogP contribution in [0.1, 0.15) is 15.9 Å². The van der Waals surface area contributed by atoms with Gasteiger partial charge in [0.15, 0.2) is 0 Å². The average Bonchev–Trinajstić information content (AvgIpc) is 2.65. The molecule has 3 rings (SSSR count). The van der Waals surface area contributed by atoms with Crippen LogP contribution in [-0.2, 0) is 4.74 Å². The first-order valence-corrected chi connectivity index (χ1v) is 8.82. The van der Waals surface area contributed by atoms with Crippen molar-refractivity contribution in [2.75, 3.05) is 50.5 Å². The molecule has 2 aromatic carbocycles. The number of nitrogen functional groups attached to an aromatic ring is 1. The van der Waals surface area contributed by atoms with Crippen molar-refractivity contribution in [3.63, 3.8) is 0 Å². The number of hydrogen-bond donors (Lipinski definition) is 2. The van der Waals surface area contributed by atoms with Gasteiger partial charge >= 0.3 is 0 Å². The maximum absolute atomic E-state index is 12.4. The summed E-state index contributed by atoms with van der Waals surface area (Å²) in [5, 5.41) is 2.94. The Balaban J connectivity index is 1.58. The lowest BCUT2D eigenvalue weighted by molar-refractivity contribution is 0.0322. The Hall–Kier alpha value is -2.57. The Bertz CT molecular complexity index is 740. The smallest absolute Gasteiger partial charge is 0.255 e. The number of rotatable bonds is 6. The minimum Gasteiger partial charge on any atom is -0.492 e. The molecule has 0 aliphatic carbocycles. The lowest BCUT2D eigenvalue weighted by atomic mass is 10.1. The molecule has 0 radical (unpaired) electrons. The number of aryl methyl sites for hydroxylation is 1. The molecule has 26 heavy (non-hydrogen) atoms. The molecule has 138 valence electrons. The number of amides is 1. The van der Waals surface area contributed by atoms with Gasteiger partial charge in [-0.1, -0.05) is 6.07 Å². The molecule has 1 amide bonds. The molecule has 1 saturated heterocycles. The molecule has 1 aliphatic rings. The lowest BCUT2D eigenvalue weighted by Gasteiger charge is -2.26. The quantitative estimate of drug-likeness (QED) is 0.779. The largest absolute Gasteiger partial charge is 0.492 e. The van der Waals surface area contributed by atoms with Crippen molar-refractivity contribution < 1.29 is 14.3 Å². The minimum atomic E-state index is -0.168. The van der Waals surface area contributed by atoms with E-state index >= 15 is 0 Å². The van der Waals surface area contributed by atoms with Crippen molar-refractivity contribution >= 4 is 17.3 Å². The van der Waals surface area contributed by atoms with E-state index in [1.807, 2.05) is 25.1 Å². The van der Waals surface area contributed by atoms with Gasteiger partial charge in [0.1, 0.15) is 12.4 Å². The zero-order valence-electron chi connectivity index (χ0n) is 15.0. The van der Waals surface area contributed by atoms with Crippen LogP contribution in [-0.4, -0.2) is 50.3 Å². The summed E-state index contributed by atoms with van der Waals surface area (Å²) in [6.45, 7) is 6.88. The zero-order valence-corrected chi connectivity index (χ0v) is 15.0. The number of carbonyl (C=O) groups excluding carboxylic acids is 1. The molecular weight excluding hydrogens is 330 g/mol. The number of anilines is 2. The number of nitrogens with zero attached hydrogens (tertiary/aromatic N) is 1. The predicted molar refractivity (Wildman–Crippen MR) is 103 cm³/mol. The van der Waals surface area contributed by atoms with Crippen molar-refractivity contribution in [3.8, 4) is 5.75 Å². The summed E-state index contributed by atoms with van der Waals surface area (Å²) in [5.74, 6) is 0.579. The number of hydrogen-bond acceptors (Lipinski definition) is 5. The summed E-state index contributed by atoms with van der Waals surface area (Å²) in [5.41, 5.74) is 8.59. The van der Waals surface area contributed by atoms with Crippen LogP contribution in [0, 0.1) is 6.92 Å². The fraction of sp³-hybridized carbons (Fsp3) is 0.350. The number of nitrogens with two attached hydrogens (primary N) is 1. The standard InChI is InChI=1S/C20H25N3O3/c1-15-2-7-18(26-13-10-23-8-11-25-12-9-23)14-19(15)22-20(24)16-3-5-17(21)6-4-16/h2-7,14H,8-13,21H2,1H3,(H,22,24). The third-order valence-corrected chi connectivity index (χ3v) is 4.41. The number of morpholine rings is 1. The molecule has 0 aromatic heterocycles. The highest BCUT2D eigenvalue weighted by molar-refractivity contribution is 6.04. The molecule has 0 unspecified atom stereocenters. The van der Waals surface area contributed by atoms with Gasteiger partial charge < -0.3 is 20.5 Å². The first kappa shape index (κ1) is 18.2. The van der Waals surface area contributed by atoms with E-state index in [-0.39, 0.29) is 5.91 Å². The van der Waals surface area contributed by atoms with Gasteiger partial charge in [-0.05, 0) is 42.8 Å². The van der Waals surface area contributed by atoms with Gasteiger partial charge in [0.25, 0.3) is 5.91 Å². The lowest BCUT2D eigenvalue weighted by Crippen LogP contribution is -2.38. The van der Waals surface area contributed by atoms with E-state index in [4.69, 9.17) is 15.2 Å². The second kappa shape index (κ2) is 8.69. The van der Waals surface area contributed by atoms with Crippen LogP contribution in [0.15, 0.2) is 42.5 Å². The van der Waals surface area contributed by atoms with Gasteiger partial charge in [-0.2, -0.15) is 0 Å². The molecule has 0 bridgehead atoms. The monoisotopic (exact) mass is 355 g/mol. The minimum absolute atomic E-state index is 0.168. The second-order valence-corrected chi connectivity index (χ2v) is 6.36. The van der Waals surface area contributed by atoms with Gasteiger partial charge in [-0.15, -0.1) is 0 Å². The topological polar surface area (TPSA) is 76.8 Å². The Kier molecular flexibility index (Phi) is 6.09. The first-order valence-electron chi connectivity index (χ1n) is 8.82. The van der Waals surface area contributed by atoms with Crippen molar-refractivity contribution in [2.24, 2.45) is 0 Å². The Morgan fingerprint density at radius 3 is 2.65 bits per heavy atom. The van der Waals surface area contributed by atoms with Gasteiger partial charge in [0.2, 0.25) is 0 Å². The Morgan fingerprint density at radius 1 is 1.19 bits per heavy atom. The third kappa shape index (κ3) is 4.97. The van der Waals surface area contributed by atoms with Gasteiger partial charge in [-0.25, -0.2) is 0 Å². The molecule has 0 saturated carbocycles. The molecule has 0 spiro atoms. The molecule has 1 fully saturated rings. The molecule has 3 N–H and O–H groups in total. The highest BCUT2D eigenvalue weighted by atomic mass is 16.5. The highest BCUT2D eigenvalue weighted by Crippen LogP contribution is 2.23. The second-order valence-electron chi connectivity index (χ2n) is 6.36. The Labute approximate surface area is 153 Å². The van der Waals surface area contributed by atoms with Crippen LogP contribution in [0.25, 0.3) is 0 Å². The van der Waals surface area contributed by atoms with E-state index in [9.17, 15) is 4.79 Å². The van der Waals surface area contributed by atoms with Crippen LogP contribution in [0.5, 0.6) is 5.75 Å².